The van der Waals surface area contributed by atoms with E-state index in [4.69, 9.17) is 26.1 Å². The van der Waals surface area contributed by atoms with E-state index < -0.39 is 5.82 Å². The smallest absolute Gasteiger partial charge is 0.341 e. The Morgan fingerprint density at radius 3 is 2.91 bits per heavy atom. The molecule has 2 aromatic carbocycles. The fraction of sp³-hybridized carbons (Fsp3) is 0.231. The van der Waals surface area contributed by atoms with Crippen molar-refractivity contribution in [2.24, 2.45) is 4.99 Å². The Morgan fingerprint density at radius 2 is 2.06 bits per heavy atom. The molecule has 0 radical (unpaired) electrons. The zero-order valence-corrected chi connectivity index (χ0v) is 20.5. The maximum atomic E-state index is 14.3. The maximum absolute atomic E-state index is 14.3. The number of rotatable bonds is 6. The Balaban J connectivity index is 1.62. The second-order valence-corrected chi connectivity index (χ2v) is 9.38. The Bertz CT molecular complexity index is 1450. The number of carbonyl (C=O) groups is 1. The van der Waals surface area contributed by atoms with Crippen LogP contribution in [-0.4, -0.2) is 28.8 Å². The molecule has 178 valence electrons. The lowest BCUT2D eigenvalue weighted by molar-refractivity contribution is 0.0526. The Labute approximate surface area is 210 Å². The number of ether oxygens (including phenoxy) is 2. The summed E-state index contributed by atoms with van der Waals surface area (Å²) in [5, 5.41) is 2.29. The van der Waals surface area contributed by atoms with Crippen molar-refractivity contribution >= 4 is 50.9 Å². The number of esters is 1. The molecule has 0 amide bonds. The molecule has 5 rings (SSSR count). The van der Waals surface area contributed by atoms with E-state index in [0.717, 1.165) is 48.2 Å². The fourth-order valence-electron chi connectivity index (χ4n) is 4.18. The zero-order valence-electron chi connectivity index (χ0n) is 18.9. The topological polar surface area (TPSA) is 73.7 Å². The molecule has 1 aliphatic rings. The van der Waals surface area contributed by atoms with Crippen LogP contribution in [0.25, 0.3) is 10.8 Å². The Hall–Kier alpha value is -3.36. The van der Waals surface area contributed by atoms with Crippen molar-refractivity contribution in [3.63, 3.8) is 0 Å². The SMILES string of the molecule is CCOC(=O)c1c(N=Cc2c(Oc3nc(Cl)ncc3F)ccc3ccccc23)sc2c1CCCC2. The van der Waals surface area contributed by atoms with Crippen molar-refractivity contribution < 1.29 is 18.7 Å². The van der Waals surface area contributed by atoms with Crippen LogP contribution in [0.15, 0.2) is 47.6 Å². The predicted octanol–water partition coefficient (Wildman–Crippen LogP) is 7.08. The van der Waals surface area contributed by atoms with E-state index in [-0.39, 0.29) is 17.1 Å². The Kier molecular flexibility index (Phi) is 6.74. The minimum Gasteiger partial charge on any atom is -0.462 e. The second-order valence-electron chi connectivity index (χ2n) is 7.96. The van der Waals surface area contributed by atoms with Crippen LogP contribution in [0.1, 0.15) is 46.1 Å². The van der Waals surface area contributed by atoms with Gasteiger partial charge in [0.2, 0.25) is 11.1 Å². The van der Waals surface area contributed by atoms with Gasteiger partial charge in [-0.25, -0.2) is 14.8 Å². The van der Waals surface area contributed by atoms with E-state index in [2.05, 4.69) is 9.97 Å². The monoisotopic (exact) mass is 509 g/mol. The molecule has 2 heterocycles. The van der Waals surface area contributed by atoms with Gasteiger partial charge in [0.1, 0.15) is 10.8 Å². The highest BCUT2D eigenvalue weighted by Gasteiger charge is 2.26. The largest absolute Gasteiger partial charge is 0.462 e. The summed E-state index contributed by atoms with van der Waals surface area (Å²) in [6.45, 7) is 2.08. The lowest BCUT2D eigenvalue weighted by Gasteiger charge is -2.12. The van der Waals surface area contributed by atoms with Crippen LogP contribution >= 0.6 is 22.9 Å². The molecular weight excluding hydrogens is 489 g/mol. The van der Waals surface area contributed by atoms with Gasteiger partial charge in [0.15, 0.2) is 0 Å². The molecule has 0 bridgehead atoms. The average molecular weight is 510 g/mol. The van der Waals surface area contributed by atoms with Crippen molar-refractivity contribution in [2.75, 3.05) is 6.61 Å². The molecule has 0 unspecified atom stereocenters. The van der Waals surface area contributed by atoms with E-state index in [0.29, 0.717) is 28.5 Å². The third-order valence-electron chi connectivity index (χ3n) is 5.76. The summed E-state index contributed by atoms with van der Waals surface area (Å²) in [7, 11) is 0. The van der Waals surface area contributed by atoms with Crippen molar-refractivity contribution in [3.05, 3.63) is 75.3 Å². The second kappa shape index (κ2) is 10.1. The van der Waals surface area contributed by atoms with Gasteiger partial charge in [-0.15, -0.1) is 11.3 Å². The van der Waals surface area contributed by atoms with Gasteiger partial charge < -0.3 is 9.47 Å². The number of halogens is 2. The van der Waals surface area contributed by atoms with Gasteiger partial charge in [0.25, 0.3) is 5.88 Å². The molecule has 6 nitrogen and oxygen atoms in total. The number of hydrogen-bond donors (Lipinski definition) is 0. The summed E-state index contributed by atoms with van der Waals surface area (Å²) in [6, 6.07) is 11.3. The van der Waals surface area contributed by atoms with Crippen molar-refractivity contribution in [3.8, 4) is 11.6 Å². The number of benzene rings is 2. The van der Waals surface area contributed by atoms with E-state index >= 15 is 0 Å². The number of carbonyl (C=O) groups excluding carboxylic acids is 1. The summed E-state index contributed by atoms with van der Waals surface area (Å²) in [5.41, 5.74) is 2.21. The number of nitrogens with zero attached hydrogens (tertiary/aromatic N) is 3. The number of aryl methyl sites for hydroxylation is 1. The summed E-state index contributed by atoms with van der Waals surface area (Å²) in [6.07, 6.45) is 6.50. The minimum atomic E-state index is -0.735. The molecule has 9 heteroatoms. The first kappa shape index (κ1) is 23.4. The van der Waals surface area contributed by atoms with Gasteiger partial charge in [-0.3, -0.25) is 0 Å². The molecule has 0 spiro atoms. The van der Waals surface area contributed by atoms with Gasteiger partial charge in [-0.2, -0.15) is 9.37 Å². The summed E-state index contributed by atoms with van der Waals surface area (Å²) in [5.74, 6) is -1.03. The van der Waals surface area contributed by atoms with Crippen LogP contribution in [0.3, 0.4) is 0 Å². The van der Waals surface area contributed by atoms with E-state index in [1.54, 1.807) is 19.2 Å². The number of thiophene rings is 1. The van der Waals surface area contributed by atoms with Crippen LogP contribution in [0.5, 0.6) is 11.6 Å². The van der Waals surface area contributed by atoms with Crippen molar-refractivity contribution in [1.29, 1.82) is 0 Å². The molecule has 0 fully saturated rings. The van der Waals surface area contributed by atoms with Gasteiger partial charge in [0, 0.05) is 16.7 Å². The third-order valence-corrected chi connectivity index (χ3v) is 7.14. The molecule has 2 aromatic heterocycles. The molecule has 1 aliphatic carbocycles. The average Bonchev–Trinajstić information content (AvgIpc) is 3.24. The summed E-state index contributed by atoms with van der Waals surface area (Å²) in [4.78, 5) is 26.2. The summed E-state index contributed by atoms with van der Waals surface area (Å²) >= 11 is 7.36. The normalized spacial score (nSPS) is 13.2. The standard InChI is InChI=1S/C26H21ClFN3O3S/c1-2-33-25(32)22-17-9-5-6-10-21(17)35-24(22)29-13-18-16-8-4-3-7-15(16)11-12-20(18)34-23-19(28)14-30-26(27)31-23/h3-4,7-8,11-14H,2,5-6,9-10H2,1H3. The molecule has 0 saturated carbocycles. The zero-order chi connectivity index (χ0) is 24.4. The first-order chi connectivity index (χ1) is 17.0. The minimum absolute atomic E-state index is 0.124. The lowest BCUT2D eigenvalue weighted by Crippen LogP contribution is -2.09. The van der Waals surface area contributed by atoms with Gasteiger partial charge in [-0.1, -0.05) is 30.3 Å². The highest BCUT2D eigenvalue weighted by atomic mass is 35.5. The van der Waals surface area contributed by atoms with Crippen LogP contribution in [0.2, 0.25) is 5.28 Å². The van der Waals surface area contributed by atoms with Crippen molar-refractivity contribution in [1.82, 2.24) is 9.97 Å². The quantitative estimate of drug-likeness (QED) is 0.158. The van der Waals surface area contributed by atoms with Gasteiger partial charge in [-0.05, 0) is 66.6 Å². The van der Waals surface area contributed by atoms with Gasteiger partial charge in [0.05, 0.1) is 18.4 Å². The van der Waals surface area contributed by atoms with Crippen LogP contribution in [0.4, 0.5) is 9.39 Å². The number of hydrogen-bond acceptors (Lipinski definition) is 7. The molecular formula is C26H21ClFN3O3S. The molecule has 0 atom stereocenters. The number of fused-ring (bicyclic) bond motifs is 2. The third kappa shape index (κ3) is 4.76. The lowest BCUT2D eigenvalue weighted by atomic mass is 9.95. The van der Waals surface area contributed by atoms with Gasteiger partial charge >= 0.3 is 5.97 Å². The number of aromatic nitrogens is 2. The highest BCUT2D eigenvalue weighted by Crippen LogP contribution is 2.41. The molecule has 4 aromatic rings. The molecule has 0 N–H and O–H groups in total. The van der Waals surface area contributed by atoms with Crippen molar-refractivity contribution in [2.45, 2.75) is 32.6 Å². The van der Waals surface area contributed by atoms with Crippen LogP contribution in [0, 0.1) is 5.82 Å². The van der Waals surface area contributed by atoms with E-state index in [1.165, 1.54) is 16.2 Å². The number of aliphatic imine (C=N–C) groups is 1. The fourth-order valence-corrected chi connectivity index (χ4v) is 5.53. The van der Waals surface area contributed by atoms with E-state index in [9.17, 15) is 9.18 Å². The van der Waals surface area contributed by atoms with Crippen LogP contribution < -0.4 is 4.74 Å². The molecule has 0 aliphatic heterocycles. The highest BCUT2D eigenvalue weighted by molar-refractivity contribution is 7.16. The van der Waals surface area contributed by atoms with Crippen LogP contribution in [-0.2, 0) is 17.6 Å². The Morgan fingerprint density at radius 1 is 1.23 bits per heavy atom. The van der Waals surface area contributed by atoms with E-state index in [1.807, 2.05) is 30.3 Å². The first-order valence-electron chi connectivity index (χ1n) is 11.3. The summed E-state index contributed by atoms with van der Waals surface area (Å²) < 4.78 is 25.5. The predicted molar refractivity (Wildman–Crippen MR) is 135 cm³/mol. The molecule has 0 saturated heterocycles. The maximum Gasteiger partial charge on any atom is 0.341 e. The first-order valence-corrected chi connectivity index (χ1v) is 12.5. The molecule has 35 heavy (non-hydrogen) atoms.